The quantitative estimate of drug-likeness (QED) is 0.627. The van der Waals surface area contributed by atoms with E-state index >= 15 is 0 Å². The second-order valence-electron chi connectivity index (χ2n) is 1.92. The highest BCUT2D eigenvalue weighted by Gasteiger charge is 1.92. The molecule has 1 aromatic heterocycles. The van der Waals surface area contributed by atoms with Crippen molar-refractivity contribution >= 4 is 5.69 Å². The van der Waals surface area contributed by atoms with Gasteiger partial charge in [0.25, 0.3) is 0 Å². The fourth-order valence-electron chi connectivity index (χ4n) is 0.619. The van der Waals surface area contributed by atoms with Crippen LogP contribution in [0.15, 0.2) is 18.3 Å². The van der Waals surface area contributed by atoms with Gasteiger partial charge in [-0.05, 0) is 6.07 Å². The van der Waals surface area contributed by atoms with Crippen LogP contribution >= 0.6 is 0 Å². The van der Waals surface area contributed by atoms with E-state index in [1.165, 1.54) is 0 Å². The molecule has 0 saturated carbocycles. The van der Waals surface area contributed by atoms with Crippen LogP contribution in [0.2, 0.25) is 0 Å². The van der Waals surface area contributed by atoms with Gasteiger partial charge in [-0.15, -0.1) is 6.42 Å². The molecule has 0 radical (unpaired) electrons. The van der Waals surface area contributed by atoms with Crippen molar-refractivity contribution in [1.82, 2.24) is 4.98 Å². The van der Waals surface area contributed by atoms with Crippen LogP contribution in [0.3, 0.4) is 0 Å². The third-order valence-electron chi connectivity index (χ3n) is 1.06. The Bertz CT molecular complexity index is 278. The molecule has 0 aliphatic carbocycles. The van der Waals surface area contributed by atoms with Crippen molar-refractivity contribution in [2.45, 2.75) is 0 Å². The van der Waals surface area contributed by atoms with Gasteiger partial charge < -0.3 is 10.5 Å². The zero-order valence-electron chi connectivity index (χ0n) is 5.95. The molecule has 11 heavy (non-hydrogen) atoms. The minimum absolute atomic E-state index is 0.219. The van der Waals surface area contributed by atoms with Crippen LogP contribution in [0.1, 0.15) is 0 Å². The highest BCUT2D eigenvalue weighted by atomic mass is 16.5. The SMILES string of the molecule is C#CCOc1cc(N)ccn1. The third-order valence-corrected chi connectivity index (χ3v) is 1.06. The predicted molar refractivity (Wildman–Crippen MR) is 43.0 cm³/mol. The number of hydrogen-bond donors (Lipinski definition) is 1. The van der Waals surface area contributed by atoms with E-state index in [1.54, 1.807) is 18.3 Å². The maximum atomic E-state index is 5.46. The van der Waals surface area contributed by atoms with Gasteiger partial charge >= 0.3 is 0 Å². The summed E-state index contributed by atoms with van der Waals surface area (Å²) in [5.41, 5.74) is 6.08. The number of nitrogens with two attached hydrogens (primary N) is 1. The molecule has 1 rings (SSSR count). The predicted octanol–water partition coefficient (Wildman–Crippen LogP) is 0.676. The Morgan fingerprint density at radius 2 is 2.55 bits per heavy atom. The largest absolute Gasteiger partial charge is 0.464 e. The van der Waals surface area contributed by atoms with E-state index in [0.717, 1.165) is 0 Å². The van der Waals surface area contributed by atoms with Gasteiger partial charge in [0.15, 0.2) is 6.61 Å². The summed E-state index contributed by atoms with van der Waals surface area (Å²) >= 11 is 0. The lowest BCUT2D eigenvalue weighted by Gasteiger charge is -1.99. The first-order valence-electron chi connectivity index (χ1n) is 3.10. The summed E-state index contributed by atoms with van der Waals surface area (Å²) in [6, 6.07) is 3.31. The van der Waals surface area contributed by atoms with Crippen molar-refractivity contribution in [2.75, 3.05) is 12.3 Å². The Balaban J connectivity index is 2.65. The summed E-state index contributed by atoms with van der Waals surface area (Å²) in [6.45, 7) is 0.219. The van der Waals surface area contributed by atoms with Gasteiger partial charge in [0.05, 0.1) is 0 Å². The molecule has 0 aliphatic heterocycles. The molecule has 0 aliphatic rings. The molecule has 0 aromatic carbocycles. The molecule has 0 fully saturated rings. The smallest absolute Gasteiger partial charge is 0.216 e. The minimum Gasteiger partial charge on any atom is -0.464 e. The van der Waals surface area contributed by atoms with Crippen molar-refractivity contribution < 1.29 is 4.74 Å². The average molecular weight is 148 g/mol. The highest BCUT2D eigenvalue weighted by Crippen LogP contribution is 2.09. The summed E-state index contributed by atoms with van der Waals surface area (Å²) in [7, 11) is 0. The van der Waals surface area contributed by atoms with Gasteiger partial charge in [-0.25, -0.2) is 4.98 Å². The van der Waals surface area contributed by atoms with Crippen LogP contribution in [-0.4, -0.2) is 11.6 Å². The number of nitrogen functional groups attached to an aromatic ring is 1. The highest BCUT2D eigenvalue weighted by molar-refractivity contribution is 5.39. The number of aromatic nitrogens is 1. The fraction of sp³-hybridized carbons (Fsp3) is 0.125. The lowest BCUT2D eigenvalue weighted by Crippen LogP contribution is -1.96. The summed E-state index contributed by atoms with van der Waals surface area (Å²) in [5.74, 6) is 2.79. The molecule has 56 valence electrons. The molecule has 1 aromatic rings. The fourth-order valence-corrected chi connectivity index (χ4v) is 0.619. The van der Waals surface area contributed by atoms with Gasteiger partial charge in [0, 0.05) is 18.0 Å². The van der Waals surface area contributed by atoms with Crippen LogP contribution in [-0.2, 0) is 0 Å². The second kappa shape index (κ2) is 3.47. The number of pyridine rings is 1. The normalized spacial score (nSPS) is 8.64. The second-order valence-corrected chi connectivity index (χ2v) is 1.92. The standard InChI is InChI=1S/C8H8N2O/c1-2-5-11-8-6-7(9)3-4-10-8/h1,3-4,6H,5H2,(H2,9,10). The summed E-state index contributed by atoms with van der Waals surface area (Å²) in [5, 5.41) is 0. The molecule has 0 bridgehead atoms. The van der Waals surface area contributed by atoms with Crippen LogP contribution in [0.25, 0.3) is 0 Å². The number of nitrogens with zero attached hydrogens (tertiary/aromatic N) is 1. The van der Waals surface area contributed by atoms with Crippen molar-refractivity contribution in [3.05, 3.63) is 18.3 Å². The first-order chi connectivity index (χ1) is 5.33. The van der Waals surface area contributed by atoms with Crippen LogP contribution < -0.4 is 10.5 Å². The number of anilines is 1. The maximum absolute atomic E-state index is 5.46. The zero-order chi connectivity index (χ0) is 8.10. The Morgan fingerprint density at radius 1 is 1.73 bits per heavy atom. The summed E-state index contributed by atoms with van der Waals surface area (Å²) in [4.78, 5) is 3.88. The first-order valence-corrected chi connectivity index (χ1v) is 3.10. The molecule has 0 saturated heterocycles. The molecule has 3 nitrogen and oxygen atoms in total. The van der Waals surface area contributed by atoms with Gasteiger partial charge in [0.1, 0.15) is 0 Å². The van der Waals surface area contributed by atoms with E-state index in [4.69, 9.17) is 16.9 Å². The number of hydrogen-bond acceptors (Lipinski definition) is 3. The third kappa shape index (κ3) is 2.18. The summed E-state index contributed by atoms with van der Waals surface area (Å²) < 4.78 is 5.01. The van der Waals surface area contributed by atoms with Crippen molar-refractivity contribution in [3.63, 3.8) is 0 Å². The first kappa shape index (κ1) is 7.42. The monoisotopic (exact) mass is 148 g/mol. The van der Waals surface area contributed by atoms with Gasteiger partial charge in [-0.3, -0.25) is 0 Å². The minimum atomic E-state index is 0.219. The molecule has 1 heterocycles. The number of rotatable bonds is 2. The van der Waals surface area contributed by atoms with E-state index in [2.05, 4.69) is 10.9 Å². The topological polar surface area (TPSA) is 48.1 Å². The molecular weight excluding hydrogens is 140 g/mol. The lowest BCUT2D eigenvalue weighted by atomic mass is 10.4. The van der Waals surface area contributed by atoms with Crippen molar-refractivity contribution in [1.29, 1.82) is 0 Å². The molecule has 3 heteroatoms. The molecular formula is C8H8N2O. The van der Waals surface area contributed by atoms with E-state index in [1.807, 2.05) is 0 Å². The Hall–Kier alpha value is -1.69. The van der Waals surface area contributed by atoms with Crippen molar-refractivity contribution in [2.24, 2.45) is 0 Å². The Kier molecular flexibility index (Phi) is 2.34. The van der Waals surface area contributed by atoms with Gasteiger partial charge in [0.2, 0.25) is 5.88 Å². The van der Waals surface area contributed by atoms with Crippen LogP contribution in [0, 0.1) is 12.3 Å². The molecule has 0 atom stereocenters. The molecule has 0 unspecified atom stereocenters. The van der Waals surface area contributed by atoms with Crippen LogP contribution in [0.5, 0.6) is 5.88 Å². The van der Waals surface area contributed by atoms with E-state index < -0.39 is 0 Å². The molecule has 0 spiro atoms. The van der Waals surface area contributed by atoms with Gasteiger partial charge in [-0.2, -0.15) is 0 Å². The molecule has 0 amide bonds. The van der Waals surface area contributed by atoms with Crippen LogP contribution in [0.4, 0.5) is 5.69 Å². The Labute approximate surface area is 65.2 Å². The molecule has 2 N–H and O–H groups in total. The van der Waals surface area contributed by atoms with Crippen molar-refractivity contribution in [3.8, 4) is 18.2 Å². The van der Waals surface area contributed by atoms with E-state index in [0.29, 0.717) is 11.6 Å². The summed E-state index contributed by atoms with van der Waals surface area (Å²) in [6.07, 6.45) is 6.55. The van der Waals surface area contributed by atoms with E-state index in [-0.39, 0.29) is 6.61 Å². The number of ether oxygens (including phenoxy) is 1. The van der Waals surface area contributed by atoms with E-state index in [9.17, 15) is 0 Å². The maximum Gasteiger partial charge on any atom is 0.216 e. The number of terminal acetylenes is 1. The lowest BCUT2D eigenvalue weighted by molar-refractivity contribution is 0.356. The zero-order valence-corrected chi connectivity index (χ0v) is 5.95. The average Bonchev–Trinajstić information content (AvgIpc) is 2.01. The Morgan fingerprint density at radius 3 is 3.18 bits per heavy atom. The van der Waals surface area contributed by atoms with Gasteiger partial charge in [-0.1, -0.05) is 5.92 Å².